The molecule has 2 aromatic rings. The zero-order valence-electron chi connectivity index (χ0n) is 10.5. The number of halogens is 1. The molecule has 2 nitrogen and oxygen atoms in total. The van der Waals surface area contributed by atoms with Gasteiger partial charge in [-0.2, -0.15) is 0 Å². The first-order chi connectivity index (χ1) is 9.15. The number of benzene rings is 2. The summed E-state index contributed by atoms with van der Waals surface area (Å²) in [6, 6.07) is 14.3. The van der Waals surface area contributed by atoms with Crippen molar-refractivity contribution < 1.29 is 9.53 Å². The van der Waals surface area contributed by atoms with Gasteiger partial charge >= 0.3 is 0 Å². The van der Waals surface area contributed by atoms with Crippen molar-refractivity contribution in [2.75, 3.05) is 0 Å². The molecule has 0 saturated heterocycles. The third-order valence-corrected chi connectivity index (χ3v) is 2.83. The zero-order valence-corrected chi connectivity index (χ0v) is 11.2. The average molecular weight is 273 g/mol. The summed E-state index contributed by atoms with van der Waals surface area (Å²) < 4.78 is 5.32. The highest BCUT2D eigenvalue weighted by Gasteiger charge is 2.00. The molecule has 0 aromatic heterocycles. The van der Waals surface area contributed by atoms with Gasteiger partial charge in [-0.15, -0.1) is 0 Å². The molecule has 2 aromatic carbocycles. The van der Waals surface area contributed by atoms with Gasteiger partial charge in [-0.05, 0) is 31.2 Å². The standard InChI is InChI=1S/C16H13ClO2/c1-12-2-4-13(5-3-12)16(18)10-11-19-15-8-6-14(17)7-9-15/h2-11H,1H3/b11-10+. The number of carbonyl (C=O) groups excluding carboxylic acids is 1. The van der Waals surface area contributed by atoms with Crippen LogP contribution in [0.3, 0.4) is 0 Å². The van der Waals surface area contributed by atoms with Gasteiger partial charge in [0.2, 0.25) is 0 Å². The second-order valence-electron chi connectivity index (χ2n) is 4.10. The van der Waals surface area contributed by atoms with E-state index in [1.165, 1.54) is 12.3 Å². The van der Waals surface area contributed by atoms with Crippen molar-refractivity contribution in [1.29, 1.82) is 0 Å². The van der Waals surface area contributed by atoms with Crippen molar-refractivity contribution in [3.63, 3.8) is 0 Å². The topological polar surface area (TPSA) is 26.3 Å². The maximum atomic E-state index is 11.8. The van der Waals surface area contributed by atoms with Crippen LogP contribution in [0, 0.1) is 6.92 Å². The fourth-order valence-corrected chi connectivity index (χ4v) is 1.63. The van der Waals surface area contributed by atoms with Crippen molar-refractivity contribution in [2.24, 2.45) is 0 Å². The van der Waals surface area contributed by atoms with Crippen molar-refractivity contribution >= 4 is 17.4 Å². The lowest BCUT2D eigenvalue weighted by Gasteiger charge is -2.00. The van der Waals surface area contributed by atoms with E-state index in [-0.39, 0.29) is 5.78 Å². The van der Waals surface area contributed by atoms with Gasteiger partial charge in [-0.1, -0.05) is 41.4 Å². The number of ketones is 1. The smallest absolute Gasteiger partial charge is 0.188 e. The van der Waals surface area contributed by atoms with Gasteiger partial charge in [-0.3, -0.25) is 4.79 Å². The van der Waals surface area contributed by atoms with Crippen LogP contribution >= 0.6 is 11.6 Å². The fraction of sp³-hybridized carbons (Fsp3) is 0.0625. The van der Waals surface area contributed by atoms with Crippen LogP contribution < -0.4 is 4.74 Å². The first kappa shape index (κ1) is 13.4. The number of hydrogen-bond acceptors (Lipinski definition) is 2. The van der Waals surface area contributed by atoms with E-state index in [0.717, 1.165) is 5.56 Å². The number of allylic oxidation sites excluding steroid dienone is 1. The minimum absolute atomic E-state index is 0.0889. The van der Waals surface area contributed by atoms with Crippen molar-refractivity contribution in [3.05, 3.63) is 77.0 Å². The lowest BCUT2D eigenvalue weighted by atomic mass is 10.1. The number of carbonyl (C=O) groups is 1. The number of hydrogen-bond donors (Lipinski definition) is 0. The lowest BCUT2D eigenvalue weighted by Crippen LogP contribution is -1.95. The summed E-state index contributed by atoms with van der Waals surface area (Å²) in [4.78, 5) is 11.8. The highest BCUT2D eigenvalue weighted by Crippen LogP contribution is 2.15. The molecule has 0 atom stereocenters. The van der Waals surface area contributed by atoms with E-state index in [0.29, 0.717) is 16.3 Å². The summed E-state index contributed by atoms with van der Waals surface area (Å²) in [5.74, 6) is 0.548. The van der Waals surface area contributed by atoms with Crippen LogP contribution in [0.2, 0.25) is 5.02 Å². The van der Waals surface area contributed by atoms with Gasteiger partial charge in [0, 0.05) is 16.7 Å². The predicted molar refractivity (Wildman–Crippen MR) is 76.7 cm³/mol. The molecule has 0 N–H and O–H groups in total. The Morgan fingerprint density at radius 1 is 1.05 bits per heavy atom. The number of rotatable bonds is 4. The molecule has 0 saturated carbocycles. The lowest BCUT2D eigenvalue weighted by molar-refractivity contribution is 0.104. The Hall–Kier alpha value is -2.06. The van der Waals surface area contributed by atoms with Gasteiger partial charge in [0.05, 0.1) is 6.26 Å². The third kappa shape index (κ3) is 3.97. The van der Waals surface area contributed by atoms with Gasteiger partial charge in [-0.25, -0.2) is 0 Å². The van der Waals surface area contributed by atoms with E-state index in [9.17, 15) is 4.79 Å². The molecule has 0 unspecified atom stereocenters. The van der Waals surface area contributed by atoms with Crippen LogP contribution in [0.4, 0.5) is 0 Å². The van der Waals surface area contributed by atoms with Gasteiger partial charge in [0.25, 0.3) is 0 Å². The SMILES string of the molecule is Cc1ccc(C(=O)/C=C/Oc2ccc(Cl)cc2)cc1. The fourth-order valence-electron chi connectivity index (χ4n) is 1.50. The summed E-state index contributed by atoms with van der Waals surface area (Å²) in [7, 11) is 0. The van der Waals surface area contributed by atoms with Crippen molar-refractivity contribution in [3.8, 4) is 5.75 Å². The quantitative estimate of drug-likeness (QED) is 0.468. The van der Waals surface area contributed by atoms with Crippen LogP contribution in [0.5, 0.6) is 5.75 Å². The Morgan fingerprint density at radius 3 is 2.32 bits per heavy atom. The Labute approximate surface area is 117 Å². The maximum Gasteiger partial charge on any atom is 0.188 e. The van der Waals surface area contributed by atoms with Gasteiger partial charge in [0.15, 0.2) is 5.78 Å². The Bertz CT molecular complexity index is 583. The van der Waals surface area contributed by atoms with E-state index >= 15 is 0 Å². The minimum atomic E-state index is -0.0889. The second kappa shape index (κ2) is 6.21. The summed E-state index contributed by atoms with van der Waals surface area (Å²) in [5.41, 5.74) is 1.76. The molecule has 0 aliphatic carbocycles. The number of aryl methyl sites for hydroxylation is 1. The van der Waals surface area contributed by atoms with Gasteiger partial charge in [0.1, 0.15) is 5.75 Å². The number of ether oxygens (including phenoxy) is 1. The molecule has 0 aliphatic rings. The van der Waals surface area contributed by atoms with E-state index in [1.54, 1.807) is 36.4 Å². The molecule has 0 heterocycles. The van der Waals surface area contributed by atoms with Crippen LogP contribution in [-0.2, 0) is 0 Å². The van der Waals surface area contributed by atoms with E-state index in [4.69, 9.17) is 16.3 Å². The summed E-state index contributed by atoms with van der Waals surface area (Å²) in [5, 5.41) is 0.645. The van der Waals surface area contributed by atoms with Crippen LogP contribution in [0.1, 0.15) is 15.9 Å². The molecule has 0 amide bonds. The molecule has 0 aliphatic heterocycles. The highest BCUT2D eigenvalue weighted by atomic mass is 35.5. The molecule has 96 valence electrons. The monoisotopic (exact) mass is 272 g/mol. The molecule has 0 radical (unpaired) electrons. The van der Waals surface area contributed by atoms with Crippen LogP contribution in [0.15, 0.2) is 60.9 Å². The van der Waals surface area contributed by atoms with Crippen molar-refractivity contribution in [1.82, 2.24) is 0 Å². The van der Waals surface area contributed by atoms with E-state index in [2.05, 4.69) is 0 Å². The van der Waals surface area contributed by atoms with E-state index < -0.39 is 0 Å². The normalized spacial score (nSPS) is 10.6. The van der Waals surface area contributed by atoms with Crippen LogP contribution in [0.25, 0.3) is 0 Å². The first-order valence-electron chi connectivity index (χ1n) is 5.85. The van der Waals surface area contributed by atoms with E-state index in [1.807, 2.05) is 19.1 Å². The summed E-state index contributed by atoms with van der Waals surface area (Å²) in [6.07, 6.45) is 2.78. The zero-order chi connectivity index (χ0) is 13.7. The molecule has 3 heteroatoms. The molecule has 19 heavy (non-hydrogen) atoms. The first-order valence-corrected chi connectivity index (χ1v) is 6.23. The van der Waals surface area contributed by atoms with Crippen LogP contribution in [-0.4, -0.2) is 5.78 Å². The maximum absolute atomic E-state index is 11.8. The minimum Gasteiger partial charge on any atom is -0.465 e. The predicted octanol–water partition coefficient (Wildman–Crippen LogP) is 4.42. The Morgan fingerprint density at radius 2 is 1.68 bits per heavy atom. The Balaban J connectivity index is 1.97. The summed E-state index contributed by atoms with van der Waals surface area (Å²) >= 11 is 5.76. The molecular weight excluding hydrogens is 260 g/mol. The van der Waals surface area contributed by atoms with Crippen molar-refractivity contribution in [2.45, 2.75) is 6.92 Å². The van der Waals surface area contributed by atoms with Gasteiger partial charge < -0.3 is 4.74 Å². The molecule has 2 rings (SSSR count). The highest BCUT2D eigenvalue weighted by molar-refractivity contribution is 6.30. The largest absolute Gasteiger partial charge is 0.465 e. The second-order valence-corrected chi connectivity index (χ2v) is 4.54. The summed E-state index contributed by atoms with van der Waals surface area (Å²) in [6.45, 7) is 1.98. The molecule has 0 bridgehead atoms. The Kier molecular flexibility index (Phi) is 4.37. The third-order valence-electron chi connectivity index (χ3n) is 2.57. The molecule has 0 spiro atoms. The average Bonchev–Trinajstić information content (AvgIpc) is 2.41. The molecule has 0 fully saturated rings. The molecular formula is C16H13ClO2.